The SMILES string of the molecule is Cc1c(C(C)NC2c3ccccc3CC2O)cccc1[N+](=O)[O-]. The van der Waals surface area contributed by atoms with E-state index >= 15 is 0 Å². The van der Waals surface area contributed by atoms with Crippen molar-refractivity contribution in [3.8, 4) is 0 Å². The van der Waals surface area contributed by atoms with Crippen LogP contribution < -0.4 is 5.32 Å². The summed E-state index contributed by atoms with van der Waals surface area (Å²) in [6.07, 6.45) is 0.155. The van der Waals surface area contributed by atoms with Crippen LogP contribution in [0.15, 0.2) is 42.5 Å². The second-order valence-corrected chi connectivity index (χ2v) is 6.08. The van der Waals surface area contributed by atoms with Gasteiger partial charge in [-0.15, -0.1) is 0 Å². The lowest BCUT2D eigenvalue weighted by atomic mass is 9.99. The lowest BCUT2D eigenvalue weighted by molar-refractivity contribution is -0.385. The van der Waals surface area contributed by atoms with Gasteiger partial charge in [0.2, 0.25) is 0 Å². The summed E-state index contributed by atoms with van der Waals surface area (Å²) in [5.74, 6) is 0. The molecular weight excluding hydrogens is 292 g/mol. The Hall–Kier alpha value is -2.24. The monoisotopic (exact) mass is 312 g/mol. The van der Waals surface area contributed by atoms with Gasteiger partial charge < -0.3 is 10.4 Å². The maximum atomic E-state index is 11.1. The predicted molar refractivity (Wildman–Crippen MR) is 88.3 cm³/mol. The largest absolute Gasteiger partial charge is 0.391 e. The Morgan fingerprint density at radius 2 is 2.00 bits per heavy atom. The van der Waals surface area contributed by atoms with Crippen LogP contribution in [0.5, 0.6) is 0 Å². The lowest BCUT2D eigenvalue weighted by Crippen LogP contribution is -2.31. The van der Waals surface area contributed by atoms with Crippen molar-refractivity contribution in [2.75, 3.05) is 0 Å². The van der Waals surface area contributed by atoms with Crippen LogP contribution in [0.1, 0.15) is 41.3 Å². The molecule has 0 fully saturated rings. The van der Waals surface area contributed by atoms with E-state index in [0.29, 0.717) is 12.0 Å². The van der Waals surface area contributed by atoms with Crippen LogP contribution in [0.3, 0.4) is 0 Å². The van der Waals surface area contributed by atoms with Crippen molar-refractivity contribution in [2.45, 2.75) is 38.5 Å². The Kier molecular flexibility index (Phi) is 4.15. The molecule has 3 unspecified atom stereocenters. The molecule has 2 N–H and O–H groups in total. The summed E-state index contributed by atoms with van der Waals surface area (Å²) in [6, 6.07) is 12.9. The summed E-state index contributed by atoms with van der Waals surface area (Å²) >= 11 is 0. The van der Waals surface area contributed by atoms with E-state index in [1.165, 1.54) is 6.07 Å². The first-order valence-corrected chi connectivity index (χ1v) is 7.75. The third-order valence-corrected chi connectivity index (χ3v) is 4.64. The van der Waals surface area contributed by atoms with Crippen molar-refractivity contribution in [1.29, 1.82) is 0 Å². The van der Waals surface area contributed by atoms with E-state index in [1.54, 1.807) is 13.0 Å². The normalized spacial score (nSPS) is 21.0. The molecule has 1 aliphatic rings. The van der Waals surface area contributed by atoms with E-state index in [1.807, 2.05) is 37.3 Å². The van der Waals surface area contributed by atoms with E-state index in [2.05, 4.69) is 5.32 Å². The van der Waals surface area contributed by atoms with E-state index in [9.17, 15) is 15.2 Å². The Labute approximate surface area is 135 Å². The fourth-order valence-corrected chi connectivity index (χ4v) is 3.44. The highest BCUT2D eigenvalue weighted by molar-refractivity contribution is 5.46. The third kappa shape index (κ3) is 2.85. The second kappa shape index (κ2) is 6.10. The quantitative estimate of drug-likeness (QED) is 0.671. The molecule has 23 heavy (non-hydrogen) atoms. The summed E-state index contributed by atoms with van der Waals surface area (Å²) in [5, 5.41) is 24.9. The van der Waals surface area contributed by atoms with Gasteiger partial charge in [0.1, 0.15) is 0 Å². The van der Waals surface area contributed by atoms with Crippen LogP contribution in [0, 0.1) is 17.0 Å². The Bertz CT molecular complexity index is 745. The summed E-state index contributed by atoms with van der Waals surface area (Å²) < 4.78 is 0. The number of hydrogen-bond donors (Lipinski definition) is 2. The number of nitrogens with zero attached hydrogens (tertiary/aromatic N) is 1. The predicted octanol–water partition coefficient (Wildman–Crippen LogP) is 3.21. The van der Waals surface area contributed by atoms with Crippen LogP contribution in [-0.2, 0) is 6.42 Å². The Morgan fingerprint density at radius 3 is 2.74 bits per heavy atom. The number of nitrogens with one attached hydrogen (secondary N) is 1. The average molecular weight is 312 g/mol. The van der Waals surface area contributed by atoms with E-state index in [-0.39, 0.29) is 22.7 Å². The van der Waals surface area contributed by atoms with E-state index in [0.717, 1.165) is 16.7 Å². The molecule has 0 saturated heterocycles. The highest BCUT2D eigenvalue weighted by Gasteiger charge is 2.32. The number of rotatable bonds is 4. The zero-order valence-corrected chi connectivity index (χ0v) is 13.2. The number of fused-ring (bicyclic) bond motifs is 1. The smallest absolute Gasteiger partial charge is 0.272 e. The van der Waals surface area contributed by atoms with Crippen LogP contribution in [0.4, 0.5) is 5.69 Å². The van der Waals surface area contributed by atoms with Crippen LogP contribution in [0.2, 0.25) is 0 Å². The minimum absolute atomic E-state index is 0.0966. The Morgan fingerprint density at radius 1 is 1.26 bits per heavy atom. The third-order valence-electron chi connectivity index (χ3n) is 4.64. The van der Waals surface area contributed by atoms with Gasteiger partial charge in [-0.3, -0.25) is 10.1 Å². The van der Waals surface area contributed by atoms with E-state index in [4.69, 9.17) is 0 Å². The number of nitro benzene ring substituents is 1. The van der Waals surface area contributed by atoms with Gasteiger partial charge in [-0.2, -0.15) is 0 Å². The highest BCUT2D eigenvalue weighted by atomic mass is 16.6. The number of aliphatic hydroxyl groups is 1. The first kappa shape index (κ1) is 15.6. The van der Waals surface area contributed by atoms with Crippen molar-refractivity contribution in [3.63, 3.8) is 0 Å². The Balaban J connectivity index is 1.87. The molecule has 0 radical (unpaired) electrons. The molecule has 0 spiro atoms. The molecule has 0 bridgehead atoms. The first-order valence-electron chi connectivity index (χ1n) is 7.75. The fourth-order valence-electron chi connectivity index (χ4n) is 3.44. The first-order chi connectivity index (χ1) is 11.0. The standard InChI is InChI=1S/C18H20N2O3/c1-11-14(8-5-9-16(11)20(22)23)12(2)19-18-15-7-4-3-6-13(15)10-17(18)21/h3-9,12,17-19,21H,10H2,1-2H3. The van der Waals surface area contributed by atoms with Crippen molar-refractivity contribution in [1.82, 2.24) is 5.32 Å². The van der Waals surface area contributed by atoms with Crippen molar-refractivity contribution in [2.24, 2.45) is 0 Å². The zero-order chi connectivity index (χ0) is 16.6. The summed E-state index contributed by atoms with van der Waals surface area (Å²) in [5.41, 5.74) is 3.94. The van der Waals surface area contributed by atoms with Gasteiger partial charge in [0.05, 0.1) is 17.1 Å². The van der Waals surface area contributed by atoms with Gasteiger partial charge in [-0.05, 0) is 30.5 Å². The number of hydrogen-bond acceptors (Lipinski definition) is 4. The van der Waals surface area contributed by atoms with Crippen molar-refractivity contribution in [3.05, 3.63) is 74.8 Å². The molecule has 0 amide bonds. The average Bonchev–Trinajstić information content (AvgIpc) is 2.83. The van der Waals surface area contributed by atoms with Gasteiger partial charge >= 0.3 is 0 Å². The van der Waals surface area contributed by atoms with Crippen LogP contribution >= 0.6 is 0 Å². The molecule has 0 aliphatic heterocycles. The number of nitro groups is 1. The van der Waals surface area contributed by atoms with Crippen LogP contribution in [0.25, 0.3) is 0 Å². The van der Waals surface area contributed by atoms with Gasteiger partial charge in [0.25, 0.3) is 5.69 Å². The molecule has 3 rings (SSSR count). The molecule has 0 heterocycles. The molecule has 3 atom stereocenters. The van der Waals surface area contributed by atoms with E-state index < -0.39 is 6.10 Å². The molecule has 2 aromatic carbocycles. The van der Waals surface area contributed by atoms with Gasteiger partial charge in [0.15, 0.2) is 0 Å². The van der Waals surface area contributed by atoms with Crippen molar-refractivity contribution < 1.29 is 10.0 Å². The van der Waals surface area contributed by atoms with Crippen molar-refractivity contribution >= 4 is 5.69 Å². The maximum Gasteiger partial charge on any atom is 0.272 e. The molecule has 5 nitrogen and oxygen atoms in total. The molecule has 1 aliphatic carbocycles. The topological polar surface area (TPSA) is 75.4 Å². The minimum atomic E-state index is -0.478. The highest BCUT2D eigenvalue weighted by Crippen LogP contribution is 2.34. The molecule has 2 aromatic rings. The summed E-state index contributed by atoms with van der Waals surface area (Å²) in [4.78, 5) is 10.7. The molecular formula is C18H20N2O3. The van der Waals surface area contributed by atoms with Crippen LogP contribution in [-0.4, -0.2) is 16.1 Å². The van der Waals surface area contributed by atoms with Gasteiger partial charge in [0, 0.05) is 24.1 Å². The molecule has 120 valence electrons. The second-order valence-electron chi connectivity index (χ2n) is 6.08. The molecule has 0 saturated carbocycles. The zero-order valence-electron chi connectivity index (χ0n) is 13.2. The molecule has 5 heteroatoms. The summed E-state index contributed by atoms with van der Waals surface area (Å²) in [7, 11) is 0. The maximum absolute atomic E-state index is 11.1. The molecule has 0 aromatic heterocycles. The number of aliphatic hydroxyl groups excluding tert-OH is 1. The fraction of sp³-hybridized carbons (Fsp3) is 0.333. The van der Waals surface area contributed by atoms with Gasteiger partial charge in [-0.1, -0.05) is 36.4 Å². The number of benzene rings is 2. The van der Waals surface area contributed by atoms with Gasteiger partial charge in [-0.25, -0.2) is 0 Å². The lowest BCUT2D eigenvalue weighted by Gasteiger charge is -2.24. The summed E-state index contributed by atoms with van der Waals surface area (Å²) in [6.45, 7) is 3.74. The minimum Gasteiger partial charge on any atom is -0.391 e.